The molecule has 0 radical (unpaired) electrons. The van der Waals surface area contributed by atoms with E-state index in [1.807, 2.05) is 18.2 Å². The second kappa shape index (κ2) is 7.04. The van der Waals surface area contributed by atoms with Gasteiger partial charge in [-0.3, -0.25) is 4.79 Å². The molecular weight excluding hydrogens is 294 g/mol. The molecule has 0 bridgehead atoms. The van der Waals surface area contributed by atoms with Gasteiger partial charge in [0.2, 0.25) is 0 Å². The Morgan fingerprint density at radius 2 is 1.38 bits per heavy atom. The Kier molecular flexibility index (Phi) is 5.28. The van der Waals surface area contributed by atoms with Crippen molar-refractivity contribution < 1.29 is 4.79 Å². The van der Waals surface area contributed by atoms with Crippen molar-refractivity contribution in [1.82, 2.24) is 5.32 Å². The quantitative estimate of drug-likeness (QED) is 0.786. The molecule has 2 nitrogen and oxygen atoms in total. The lowest BCUT2D eigenvalue weighted by Gasteiger charge is -2.16. The van der Waals surface area contributed by atoms with Crippen LogP contribution in [0, 0.1) is 41.5 Å². The molecule has 2 aromatic carbocycles. The van der Waals surface area contributed by atoms with E-state index in [1.54, 1.807) is 7.05 Å². The van der Waals surface area contributed by atoms with Crippen molar-refractivity contribution in [3.63, 3.8) is 0 Å². The summed E-state index contributed by atoms with van der Waals surface area (Å²) in [6, 6.07) is 5.81. The number of nitrogens with one attached hydrogen (secondary N) is 1. The lowest BCUT2D eigenvalue weighted by molar-refractivity contribution is 0.0963. The molecular formula is C22H27NO. The van der Waals surface area contributed by atoms with Gasteiger partial charge < -0.3 is 5.32 Å². The number of hydrogen-bond acceptors (Lipinski definition) is 1. The summed E-state index contributed by atoms with van der Waals surface area (Å²) < 4.78 is 0. The third-order valence-electron chi connectivity index (χ3n) is 5.26. The van der Waals surface area contributed by atoms with Crippen LogP contribution in [-0.2, 0) is 0 Å². The van der Waals surface area contributed by atoms with Gasteiger partial charge in [0.15, 0.2) is 0 Å². The fourth-order valence-corrected chi connectivity index (χ4v) is 3.06. The molecule has 0 atom stereocenters. The zero-order chi connectivity index (χ0) is 18.0. The van der Waals surface area contributed by atoms with E-state index < -0.39 is 0 Å². The summed E-state index contributed by atoms with van der Waals surface area (Å²) in [5, 5.41) is 2.68. The number of benzene rings is 2. The number of rotatable bonds is 3. The van der Waals surface area contributed by atoms with Crippen molar-refractivity contribution in [1.29, 1.82) is 0 Å². The second-order valence-electron chi connectivity index (χ2n) is 6.52. The van der Waals surface area contributed by atoms with Crippen molar-refractivity contribution >= 4 is 18.1 Å². The van der Waals surface area contributed by atoms with E-state index >= 15 is 0 Å². The summed E-state index contributed by atoms with van der Waals surface area (Å²) in [5.41, 5.74) is 10.9. The molecule has 2 aromatic rings. The number of carbonyl (C=O) groups excluding carboxylic acids is 1. The molecule has 0 spiro atoms. The van der Waals surface area contributed by atoms with Crippen LogP contribution >= 0.6 is 0 Å². The first-order valence-electron chi connectivity index (χ1n) is 8.35. The molecule has 1 N–H and O–H groups in total. The summed E-state index contributed by atoms with van der Waals surface area (Å²) in [6.45, 7) is 13.0. The van der Waals surface area contributed by atoms with Gasteiger partial charge in [0.1, 0.15) is 0 Å². The Balaban J connectivity index is 2.51. The van der Waals surface area contributed by atoms with Gasteiger partial charge in [-0.1, -0.05) is 18.2 Å². The Morgan fingerprint density at radius 1 is 0.833 bits per heavy atom. The molecule has 0 aliphatic rings. The second-order valence-corrected chi connectivity index (χ2v) is 6.52. The number of carbonyl (C=O) groups is 1. The summed E-state index contributed by atoms with van der Waals surface area (Å²) in [4.78, 5) is 11.9. The van der Waals surface area contributed by atoms with Crippen LogP contribution < -0.4 is 5.32 Å². The minimum Gasteiger partial charge on any atom is -0.355 e. The summed E-state index contributed by atoms with van der Waals surface area (Å²) in [7, 11) is 1.66. The molecule has 126 valence electrons. The van der Waals surface area contributed by atoms with E-state index in [4.69, 9.17) is 0 Å². The smallest absolute Gasteiger partial charge is 0.251 e. The maximum atomic E-state index is 11.9. The van der Waals surface area contributed by atoms with E-state index in [1.165, 1.54) is 33.4 Å². The molecule has 0 saturated carbocycles. The van der Waals surface area contributed by atoms with E-state index in [9.17, 15) is 4.79 Å². The first-order chi connectivity index (χ1) is 11.3. The maximum absolute atomic E-state index is 11.9. The zero-order valence-electron chi connectivity index (χ0n) is 15.8. The van der Waals surface area contributed by atoms with Gasteiger partial charge in [0.05, 0.1) is 0 Å². The Morgan fingerprint density at radius 3 is 1.92 bits per heavy atom. The van der Waals surface area contributed by atoms with Gasteiger partial charge in [-0.2, -0.15) is 0 Å². The largest absolute Gasteiger partial charge is 0.355 e. The Bertz CT molecular complexity index is 799. The minimum atomic E-state index is -0.0564. The molecule has 0 heterocycles. The molecule has 1 amide bonds. The predicted octanol–water partition coefficient (Wildman–Crippen LogP) is 5.07. The number of hydrogen-bond donors (Lipinski definition) is 1. The van der Waals surface area contributed by atoms with Crippen molar-refractivity contribution in [2.24, 2.45) is 0 Å². The van der Waals surface area contributed by atoms with Crippen LogP contribution in [0.4, 0.5) is 0 Å². The molecule has 24 heavy (non-hydrogen) atoms. The number of amides is 1. The van der Waals surface area contributed by atoms with Crippen LogP contribution in [-0.4, -0.2) is 13.0 Å². The van der Waals surface area contributed by atoms with Gasteiger partial charge >= 0.3 is 0 Å². The Labute approximate surface area is 145 Å². The van der Waals surface area contributed by atoms with Gasteiger partial charge in [-0.25, -0.2) is 0 Å². The predicted molar refractivity (Wildman–Crippen MR) is 104 cm³/mol. The highest BCUT2D eigenvalue weighted by Crippen LogP contribution is 2.28. The minimum absolute atomic E-state index is 0.0564. The molecule has 0 saturated heterocycles. The maximum Gasteiger partial charge on any atom is 0.251 e. The van der Waals surface area contributed by atoms with E-state index in [2.05, 4.69) is 59.0 Å². The van der Waals surface area contributed by atoms with E-state index in [-0.39, 0.29) is 5.91 Å². The van der Waals surface area contributed by atoms with Gasteiger partial charge in [-0.05, 0) is 98.2 Å². The highest BCUT2D eigenvalue weighted by molar-refractivity contribution is 5.95. The van der Waals surface area contributed by atoms with E-state index in [0.29, 0.717) is 5.56 Å². The van der Waals surface area contributed by atoms with Crippen molar-refractivity contribution in [3.8, 4) is 0 Å². The van der Waals surface area contributed by atoms with Crippen LogP contribution in [0.15, 0.2) is 18.2 Å². The molecule has 0 fully saturated rings. The first kappa shape index (κ1) is 18.0. The average molecular weight is 321 g/mol. The van der Waals surface area contributed by atoms with Crippen LogP contribution in [0.25, 0.3) is 12.2 Å². The standard InChI is InChI=1S/C22H27NO/c1-13-8-9-20(22(24)23-7)12-19(13)10-11-21-17(5)15(3)14(2)16(4)18(21)6/h8-12H,1-7H3,(H,23,24)/b11-10+. The highest BCUT2D eigenvalue weighted by atomic mass is 16.1. The molecule has 0 aliphatic carbocycles. The average Bonchev–Trinajstić information content (AvgIpc) is 2.58. The molecule has 2 rings (SSSR count). The van der Waals surface area contributed by atoms with Crippen LogP contribution in [0.5, 0.6) is 0 Å². The molecule has 2 heteroatoms. The normalized spacial score (nSPS) is 11.1. The zero-order valence-corrected chi connectivity index (χ0v) is 15.8. The fraction of sp³-hybridized carbons (Fsp3) is 0.318. The van der Waals surface area contributed by atoms with Crippen molar-refractivity contribution in [2.75, 3.05) is 7.05 Å². The SMILES string of the molecule is CNC(=O)c1ccc(C)c(/C=C/c2c(C)c(C)c(C)c(C)c2C)c1. The topological polar surface area (TPSA) is 29.1 Å². The van der Waals surface area contributed by atoms with Gasteiger partial charge in [0, 0.05) is 12.6 Å². The summed E-state index contributed by atoms with van der Waals surface area (Å²) >= 11 is 0. The van der Waals surface area contributed by atoms with Crippen LogP contribution in [0.3, 0.4) is 0 Å². The molecule has 0 unspecified atom stereocenters. The summed E-state index contributed by atoms with van der Waals surface area (Å²) in [6.07, 6.45) is 4.30. The fourth-order valence-electron chi connectivity index (χ4n) is 3.06. The number of aryl methyl sites for hydroxylation is 1. The lowest BCUT2D eigenvalue weighted by atomic mass is 9.89. The first-order valence-corrected chi connectivity index (χ1v) is 8.35. The Hall–Kier alpha value is -2.35. The highest BCUT2D eigenvalue weighted by Gasteiger charge is 2.10. The monoisotopic (exact) mass is 321 g/mol. The van der Waals surface area contributed by atoms with E-state index in [0.717, 1.165) is 11.1 Å². The summed E-state index contributed by atoms with van der Waals surface area (Å²) in [5.74, 6) is -0.0564. The lowest BCUT2D eigenvalue weighted by Crippen LogP contribution is -2.17. The van der Waals surface area contributed by atoms with Crippen molar-refractivity contribution in [2.45, 2.75) is 41.5 Å². The molecule has 0 aromatic heterocycles. The van der Waals surface area contributed by atoms with Gasteiger partial charge in [-0.15, -0.1) is 0 Å². The van der Waals surface area contributed by atoms with Crippen molar-refractivity contribution in [3.05, 3.63) is 68.3 Å². The third kappa shape index (κ3) is 3.28. The third-order valence-corrected chi connectivity index (χ3v) is 5.26. The van der Waals surface area contributed by atoms with Crippen LogP contribution in [0.2, 0.25) is 0 Å². The van der Waals surface area contributed by atoms with Crippen LogP contribution in [0.1, 0.15) is 54.9 Å². The van der Waals surface area contributed by atoms with Gasteiger partial charge in [0.25, 0.3) is 5.91 Å². The molecule has 0 aliphatic heterocycles.